The van der Waals surface area contributed by atoms with E-state index < -0.39 is 23.2 Å². The molecule has 0 spiro atoms. The van der Waals surface area contributed by atoms with Crippen molar-refractivity contribution in [3.05, 3.63) is 29.0 Å². The van der Waals surface area contributed by atoms with Crippen molar-refractivity contribution in [1.29, 1.82) is 0 Å². The lowest BCUT2D eigenvalue weighted by atomic mass is 10.1. The number of carboxylic acids is 1. The SMILES string of the molecule is CC(C)(NCC(=O)Nc1ccc(F)cc1Cl)C(=O)O. The Balaban J connectivity index is 2.59. The van der Waals surface area contributed by atoms with Gasteiger partial charge in [-0.25, -0.2) is 4.39 Å². The van der Waals surface area contributed by atoms with E-state index in [9.17, 15) is 14.0 Å². The smallest absolute Gasteiger partial charge is 0.323 e. The van der Waals surface area contributed by atoms with Gasteiger partial charge in [0.2, 0.25) is 5.91 Å². The lowest BCUT2D eigenvalue weighted by molar-refractivity contribution is -0.143. The standard InChI is InChI=1S/C12H14ClFN2O3/c1-12(2,11(18)19)15-6-10(17)16-9-4-3-7(14)5-8(9)13/h3-5,15H,6H2,1-2H3,(H,16,17)(H,18,19). The molecule has 5 nitrogen and oxygen atoms in total. The van der Waals surface area contributed by atoms with Gasteiger partial charge in [0, 0.05) is 0 Å². The normalized spacial score (nSPS) is 11.2. The molecule has 0 fully saturated rings. The van der Waals surface area contributed by atoms with E-state index >= 15 is 0 Å². The summed E-state index contributed by atoms with van der Waals surface area (Å²) >= 11 is 5.74. The van der Waals surface area contributed by atoms with Gasteiger partial charge in [0.1, 0.15) is 11.4 Å². The maximum Gasteiger partial charge on any atom is 0.323 e. The quantitative estimate of drug-likeness (QED) is 0.773. The van der Waals surface area contributed by atoms with Crippen molar-refractivity contribution in [2.45, 2.75) is 19.4 Å². The molecule has 1 aromatic rings. The van der Waals surface area contributed by atoms with Crippen molar-refractivity contribution in [2.75, 3.05) is 11.9 Å². The molecule has 1 rings (SSSR count). The number of carboxylic acid groups (broad SMARTS) is 1. The molecule has 0 unspecified atom stereocenters. The zero-order valence-corrected chi connectivity index (χ0v) is 11.2. The van der Waals surface area contributed by atoms with Crippen molar-refractivity contribution >= 4 is 29.2 Å². The molecule has 0 aliphatic heterocycles. The second-order valence-corrected chi connectivity index (χ2v) is 4.86. The van der Waals surface area contributed by atoms with Crippen LogP contribution in [0.3, 0.4) is 0 Å². The Morgan fingerprint density at radius 3 is 2.58 bits per heavy atom. The van der Waals surface area contributed by atoms with E-state index in [1.165, 1.54) is 19.9 Å². The van der Waals surface area contributed by atoms with Crippen molar-refractivity contribution in [3.8, 4) is 0 Å². The number of carbonyl (C=O) groups excluding carboxylic acids is 1. The number of amides is 1. The van der Waals surface area contributed by atoms with Crippen LogP contribution in [-0.2, 0) is 9.59 Å². The number of nitrogens with one attached hydrogen (secondary N) is 2. The van der Waals surface area contributed by atoms with E-state index in [0.29, 0.717) is 0 Å². The first kappa shape index (κ1) is 15.4. The Morgan fingerprint density at radius 2 is 2.05 bits per heavy atom. The summed E-state index contributed by atoms with van der Waals surface area (Å²) in [5.41, 5.74) is -0.952. The second kappa shape index (κ2) is 5.99. The fourth-order valence-electron chi connectivity index (χ4n) is 1.16. The number of hydrogen-bond acceptors (Lipinski definition) is 3. The minimum atomic E-state index is -1.22. The minimum absolute atomic E-state index is 0.0749. The average Bonchev–Trinajstić information content (AvgIpc) is 2.30. The fourth-order valence-corrected chi connectivity index (χ4v) is 1.38. The van der Waals surface area contributed by atoms with Gasteiger partial charge in [0.15, 0.2) is 0 Å². The molecule has 0 saturated carbocycles. The lowest BCUT2D eigenvalue weighted by Crippen LogP contribution is -2.49. The van der Waals surface area contributed by atoms with E-state index in [0.717, 1.165) is 12.1 Å². The minimum Gasteiger partial charge on any atom is -0.480 e. The van der Waals surface area contributed by atoms with Crippen molar-refractivity contribution < 1.29 is 19.1 Å². The summed E-state index contributed by atoms with van der Waals surface area (Å²) in [6, 6.07) is 3.57. The first-order valence-electron chi connectivity index (χ1n) is 5.45. The molecule has 104 valence electrons. The van der Waals surface area contributed by atoms with E-state index in [-0.39, 0.29) is 17.3 Å². The summed E-state index contributed by atoms with van der Waals surface area (Å²) in [5, 5.41) is 14.0. The van der Waals surface area contributed by atoms with Gasteiger partial charge < -0.3 is 10.4 Å². The summed E-state index contributed by atoms with van der Waals surface area (Å²) in [5.74, 6) is -2.05. The molecule has 3 N–H and O–H groups in total. The number of anilines is 1. The third kappa shape index (κ3) is 4.50. The van der Waals surface area contributed by atoms with Crippen LogP contribution in [-0.4, -0.2) is 29.1 Å². The Morgan fingerprint density at radius 1 is 1.42 bits per heavy atom. The van der Waals surface area contributed by atoms with Crippen molar-refractivity contribution in [1.82, 2.24) is 5.32 Å². The number of carbonyl (C=O) groups is 2. The van der Waals surface area contributed by atoms with Crippen LogP contribution in [0.1, 0.15) is 13.8 Å². The summed E-state index contributed by atoms with van der Waals surface area (Å²) in [7, 11) is 0. The Kier molecular flexibility index (Phi) is 4.85. The van der Waals surface area contributed by atoms with Crippen LogP contribution in [0.15, 0.2) is 18.2 Å². The zero-order chi connectivity index (χ0) is 14.6. The van der Waals surface area contributed by atoms with Crippen molar-refractivity contribution in [3.63, 3.8) is 0 Å². The summed E-state index contributed by atoms with van der Waals surface area (Å²) in [6.45, 7) is 2.67. The topological polar surface area (TPSA) is 78.4 Å². The molecule has 0 saturated heterocycles. The highest BCUT2D eigenvalue weighted by Crippen LogP contribution is 2.22. The Bertz CT molecular complexity index is 506. The van der Waals surface area contributed by atoms with Gasteiger partial charge in [-0.15, -0.1) is 0 Å². The molecule has 19 heavy (non-hydrogen) atoms. The van der Waals surface area contributed by atoms with Crippen LogP contribution < -0.4 is 10.6 Å². The van der Waals surface area contributed by atoms with E-state index in [1.54, 1.807) is 0 Å². The van der Waals surface area contributed by atoms with Gasteiger partial charge in [0.25, 0.3) is 0 Å². The molecule has 0 radical (unpaired) electrons. The van der Waals surface area contributed by atoms with Gasteiger partial charge in [0.05, 0.1) is 17.3 Å². The molecular formula is C12H14ClFN2O3. The highest BCUT2D eigenvalue weighted by atomic mass is 35.5. The highest BCUT2D eigenvalue weighted by Gasteiger charge is 2.26. The van der Waals surface area contributed by atoms with Crippen LogP contribution in [0.5, 0.6) is 0 Å². The number of aliphatic carboxylic acids is 1. The van der Waals surface area contributed by atoms with Crippen LogP contribution in [0, 0.1) is 5.82 Å². The highest BCUT2D eigenvalue weighted by molar-refractivity contribution is 6.33. The summed E-state index contributed by atoms with van der Waals surface area (Å²) in [4.78, 5) is 22.4. The van der Waals surface area contributed by atoms with E-state index in [2.05, 4.69) is 10.6 Å². The van der Waals surface area contributed by atoms with E-state index in [1.807, 2.05) is 0 Å². The van der Waals surface area contributed by atoms with E-state index in [4.69, 9.17) is 16.7 Å². The van der Waals surface area contributed by atoms with Crippen LogP contribution >= 0.6 is 11.6 Å². The fraction of sp³-hybridized carbons (Fsp3) is 0.333. The number of benzene rings is 1. The first-order valence-corrected chi connectivity index (χ1v) is 5.83. The molecule has 1 aromatic carbocycles. The summed E-state index contributed by atoms with van der Waals surface area (Å²) < 4.78 is 12.8. The van der Waals surface area contributed by atoms with Gasteiger partial charge in [-0.2, -0.15) is 0 Å². The molecule has 0 aliphatic rings. The molecule has 0 atom stereocenters. The Hall–Kier alpha value is -1.66. The third-order valence-corrected chi connectivity index (χ3v) is 2.74. The van der Waals surface area contributed by atoms with Crippen LogP contribution in [0.2, 0.25) is 5.02 Å². The van der Waals surface area contributed by atoms with Gasteiger partial charge in [-0.3, -0.25) is 14.9 Å². The molecule has 0 aliphatic carbocycles. The van der Waals surface area contributed by atoms with Gasteiger partial charge >= 0.3 is 5.97 Å². The average molecular weight is 289 g/mol. The third-order valence-electron chi connectivity index (χ3n) is 2.43. The molecule has 0 aromatic heterocycles. The zero-order valence-electron chi connectivity index (χ0n) is 10.5. The molecular weight excluding hydrogens is 275 g/mol. The van der Waals surface area contributed by atoms with Crippen LogP contribution in [0.25, 0.3) is 0 Å². The summed E-state index contributed by atoms with van der Waals surface area (Å²) in [6.07, 6.45) is 0. The number of halogens is 2. The lowest BCUT2D eigenvalue weighted by Gasteiger charge is -2.20. The molecule has 7 heteroatoms. The molecule has 0 bridgehead atoms. The van der Waals surface area contributed by atoms with Gasteiger partial charge in [-0.1, -0.05) is 11.6 Å². The monoisotopic (exact) mass is 288 g/mol. The maximum atomic E-state index is 12.8. The predicted molar refractivity (Wildman–Crippen MR) is 69.8 cm³/mol. The molecule has 1 amide bonds. The first-order chi connectivity index (χ1) is 8.72. The predicted octanol–water partition coefficient (Wildman–Crippen LogP) is 1.87. The van der Waals surface area contributed by atoms with Crippen LogP contribution in [0.4, 0.5) is 10.1 Å². The second-order valence-electron chi connectivity index (χ2n) is 4.46. The van der Waals surface area contributed by atoms with Crippen molar-refractivity contribution in [2.24, 2.45) is 0 Å². The van der Waals surface area contributed by atoms with Gasteiger partial charge in [-0.05, 0) is 32.0 Å². The molecule has 0 heterocycles. The number of rotatable bonds is 5. The number of hydrogen-bond donors (Lipinski definition) is 3. The maximum absolute atomic E-state index is 12.8. The largest absolute Gasteiger partial charge is 0.480 e. The Labute approximate surface area is 114 Å².